The Morgan fingerprint density at radius 1 is 1.08 bits per heavy atom. The van der Waals surface area contributed by atoms with Gasteiger partial charge in [0, 0.05) is 29.8 Å². The number of aromatic nitrogens is 2. The van der Waals surface area contributed by atoms with Crippen LogP contribution in [0.25, 0.3) is 11.4 Å². The number of aryl methyl sites for hydroxylation is 1. The molecule has 0 saturated heterocycles. The highest BCUT2D eigenvalue weighted by molar-refractivity contribution is 5.56. The summed E-state index contributed by atoms with van der Waals surface area (Å²) in [6.45, 7) is 1.65. The predicted octanol–water partition coefficient (Wildman–Crippen LogP) is 3.08. The van der Waals surface area contributed by atoms with Crippen LogP contribution in [0.5, 0.6) is 0 Å². The van der Waals surface area contributed by atoms with Crippen molar-refractivity contribution in [2.45, 2.75) is 19.9 Å². The molecule has 0 aliphatic carbocycles. The van der Waals surface area contributed by atoms with E-state index in [0.29, 0.717) is 28.2 Å². The minimum Gasteiger partial charge on any atom is -0.396 e. The molecule has 0 spiro atoms. The van der Waals surface area contributed by atoms with Gasteiger partial charge in [-0.25, -0.2) is 13.8 Å². The average molecular weight is 356 g/mol. The van der Waals surface area contributed by atoms with E-state index in [4.69, 9.17) is 0 Å². The molecule has 0 fully saturated rings. The maximum atomic E-state index is 13.5. The van der Waals surface area contributed by atoms with Gasteiger partial charge in [-0.05, 0) is 48.9 Å². The molecule has 2 aromatic carbocycles. The standard InChI is InChI=1S/C20H18F2N2O2/c1-13-18(9-10-25)20(26)24(12-14-3-2-4-17(22)11-14)19(23-13)15-5-7-16(21)8-6-15/h2-8,11,25H,9-10,12H2,1H3. The van der Waals surface area contributed by atoms with E-state index in [-0.39, 0.29) is 30.9 Å². The lowest BCUT2D eigenvalue weighted by molar-refractivity contribution is 0.298. The van der Waals surface area contributed by atoms with Gasteiger partial charge in [-0.1, -0.05) is 12.1 Å². The van der Waals surface area contributed by atoms with Crippen molar-refractivity contribution in [1.82, 2.24) is 9.55 Å². The predicted molar refractivity (Wildman–Crippen MR) is 94.9 cm³/mol. The zero-order valence-electron chi connectivity index (χ0n) is 14.2. The van der Waals surface area contributed by atoms with Crippen LogP contribution in [-0.2, 0) is 13.0 Å². The Bertz CT molecular complexity index is 982. The fourth-order valence-electron chi connectivity index (χ4n) is 2.88. The van der Waals surface area contributed by atoms with Crippen LogP contribution in [0.2, 0.25) is 0 Å². The molecule has 3 rings (SSSR count). The van der Waals surface area contributed by atoms with Gasteiger partial charge in [0.05, 0.1) is 6.54 Å². The van der Waals surface area contributed by atoms with Gasteiger partial charge in [0.15, 0.2) is 0 Å². The number of halogens is 2. The Morgan fingerprint density at radius 2 is 1.81 bits per heavy atom. The molecular formula is C20H18F2N2O2. The number of aliphatic hydroxyl groups is 1. The maximum absolute atomic E-state index is 13.5. The largest absolute Gasteiger partial charge is 0.396 e. The van der Waals surface area contributed by atoms with Crippen molar-refractivity contribution in [1.29, 1.82) is 0 Å². The summed E-state index contributed by atoms with van der Waals surface area (Å²) >= 11 is 0. The zero-order chi connectivity index (χ0) is 18.7. The van der Waals surface area contributed by atoms with Gasteiger partial charge in [0.1, 0.15) is 17.5 Å². The second-order valence-corrected chi connectivity index (χ2v) is 6.00. The van der Waals surface area contributed by atoms with E-state index < -0.39 is 5.82 Å². The summed E-state index contributed by atoms with van der Waals surface area (Å²) in [7, 11) is 0. The number of hydrogen-bond donors (Lipinski definition) is 1. The molecule has 0 aliphatic heterocycles. The summed E-state index contributed by atoms with van der Waals surface area (Å²) in [5.41, 5.74) is 1.82. The molecule has 6 heteroatoms. The van der Waals surface area contributed by atoms with E-state index in [1.54, 1.807) is 31.2 Å². The van der Waals surface area contributed by atoms with Crippen molar-refractivity contribution >= 4 is 0 Å². The van der Waals surface area contributed by atoms with Gasteiger partial charge in [-0.2, -0.15) is 0 Å². The van der Waals surface area contributed by atoms with Crippen LogP contribution in [0.15, 0.2) is 53.3 Å². The van der Waals surface area contributed by atoms with Crippen LogP contribution in [-0.4, -0.2) is 21.3 Å². The fourth-order valence-corrected chi connectivity index (χ4v) is 2.88. The minimum absolute atomic E-state index is 0.120. The number of aliphatic hydroxyl groups excluding tert-OH is 1. The second-order valence-electron chi connectivity index (χ2n) is 6.00. The van der Waals surface area contributed by atoms with Gasteiger partial charge in [-0.3, -0.25) is 9.36 Å². The highest BCUT2D eigenvalue weighted by Crippen LogP contribution is 2.19. The van der Waals surface area contributed by atoms with E-state index in [1.807, 2.05) is 0 Å². The topological polar surface area (TPSA) is 55.1 Å². The molecule has 0 atom stereocenters. The van der Waals surface area contributed by atoms with Crippen molar-refractivity contribution in [3.63, 3.8) is 0 Å². The van der Waals surface area contributed by atoms with Crippen LogP contribution < -0.4 is 5.56 Å². The van der Waals surface area contributed by atoms with Crippen molar-refractivity contribution in [2.75, 3.05) is 6.61 Å². The van der Waals surface area contributed by atoms with Gasteiger partial charge >= 0.3 is 0 Å². The third kappa shape index (κ3) is 3.70. The Morgan fingerprint density at radius 3 is 2.46 bits per heavy atom. The van der Waals surface area contributed by atoms with Crippen molar-refractivity contribution in [2.24, 2.45) is 0 Å². The molecule has 0 unspecified atom stereocenters. The molecule has 134 valence electrons. The summed E-state index contributed by atoms with van der Waals surface area (Å²) in [4.78, 5) is 17.5. The lowest BCUT2D eigenvalue weighted by atomic mass is 10.1. The van der Waals surface area contributed by atoms with Gasteiger partial charge in [-0.15, -0.1) is 0 Å². The molecule has 1 aromatic heterocycles. The lowest BCUT2D eigenvalue weighted by Gasteiger charge is -2.16. The summed E-state index contributed by atoms with van der Waals surface area (Å²) in [6, 6.07) is 11.7. The average Bonchev–Trinajstić information content (AvgIpc) is 2.62. The molecule has 1 N–H and O–H groups in total. The molecule has 1 heterocycles. The van der Waals surface area contributed by atoms with Crippen LogP contribution in [0, 0.1) is 18.6 Å². The first-order valence-corrected chi connectivity index (χ1v) is 8.21. The summed E-state index contributed by atoms with van der Waals surface area (Å²) in [5, 5.41) is 9.24. The van der Waals surface area contributed by atoms with Crippen molar-refractivity contribution < 1.29 is 13.9 Å². The van der Waals surface area contributed by atoms with E-state index in [2.05, 4.69) is 4.98 Å². The first-order chi connectivity index (χ1) is 12.5. The smallest absolute Gasteiger partial charge is 0.257 e. The molecule has 4 nitrogen and oxygen atoms in total. The number of rotatable bonds is 5. The van der Waals surface area contributed by atoms with Crippen molar-refractivity contribution in [3.05, 3.63) is 87.3 Å². The molecule has 0 aliphatic rings. The highest BCUT2D eigenvalue weighted by atomic mass is 19.1. The van der Waals surface area contributed by atoms with Gasteiger partial charge in [0.25, 0.3) is 5.56 Å². The SMILES string of the molecule is Cc1nc(-c2ccc(F)cc2)n(Cc2cccc(F)c2)c(=O)c1CCO. The minimum atomic E-state index is -0.394. The summed E-state index contributed by atoms with van der Waals surface area (Å²) < 4.78 is 28.2. The second kappa shape index (κ2) is 7.58. The molecule has 3 aromatic rings. The highest BCUT2D eigenvalue weighted by Gasteiger charge is 2.16. The van der Waals surface area contributed by atoms with Crippen molar-refractivity contribution in [3.8, 4) is 11.4 Å². The zero-order valence-corrected chi connectivity index (χ0v) is 14.2. The van der Waals surface area contributed by atoms with Crippen LogP contribution in [0.1, 0.15) is 16.8 Å². The van der Waals surface area contributed by atoms with Gasteiger partial charge in [0.2, 0.25) is 0 Å². The van der Waals surface area contributed by atoms with E-state index in [1.165, 1.54) is 28.8 Å². The van der Waals surface area contributed by atoms with Gasteiger partial charge < -0.3 is 5.11 Å². The van der Waals surface area contributed by atoms with Crippen LogP contribution >= 0.6 is 0 Å². The third-order valence-corrected chi connectivity index (χ3v) is 4.16. The number of nitrogens with zero attached hydrogens (tertiary/aromatic N) is 2. The Labute approximate surface area is 149 Å². The maximum Gasteiger partial charge on any atom is 0.257 e. The Hall–Kier alpha value is -2.86. The lowest BCUT2D eigenvalue weighted by Crippen LogP contribution is -2.29. The first-order valence-electron chi connectivity index (χ1n) is 8.21. The Kier molecular flexibility index (Phi) is 5.23. The fraction of sp³-hybridized carbons (Fsp3) is 0.200. The molecule has 0 radical (unpaired) electrons. The molecular weight excluding hydrogens is 338 g/mol. The first kappa shape index (κ1) is 17.9. The van der Waals surface area contributed by atoms with E-state index in [9.17, 15) is 18.7 Å². The van der Waals surface area contributed by atoms with Crippen LogP contribution in [0.3, 0.4) is 0 Å². The number of benzene rings is 2. The monoisotopic (exact) mass is 356 g/mol. The van der Waals surface area contributed by atoms with E-state index >= 15 is 0 Å². The molecule has 0 saturated carbocycles. The number of hydrogen-bond acceptors (Lipinski definition) is 3. The molecule has 0 bridgehead atoms. The normalized spacial score (nSPS) is 10.9. The third-order valence-electron chi connectivity index (χ3n) is 4.16. The quantitative estimate of drug-likeness (QED) is 0.764. The van der Waals surface area contributed by atoms with E-state index in [0.717, 1.165) is 0 Å². The van der Waals surface area contributed by atoms with Crippen LogP contribution in [0.4, 0.5) is 8.78 Å². The molecule has 0 amide bonds. The summed E-state index contributed by atoms with van der Waals surface area (Å²) in [6.07, 6.45) is 0.185. The summed E-state index contributed by atoms with van der Waals surface area (Å²) in [5.74, 6) is -0.408. The Balaban J connectivity index is 2.19. The molecule has 26 heavy (non-hydrogen) atoms.